The number of allylic oxidation sites excluding steroid dienone is 1. The average Bonchev–Trinajstić information content (AvgIpc) is 3.32. The molecule has 1 aliphatic carbocycles. The topological polar surface area (TPSA) is 174 Å². The van der Waals surface area contributed by atoms with E-state index in [9.17, 15) is 28.8 Å². The fourth-order valence-corrected chi connectivity index (χ4v) is 6.91. The number of carbonyl (C=O) groups excluding carboxylic acids is 6. The molecule has 2 aromatic heterocycles. The van der Waals surface area contributed by atoms with E-state index in [1.54, 1.807) is 46.9 Å². The number of ether oxygens (including phenoxy) is 2. The van der Waals surface area contributed by atoms with Gasteiger partial charge in [-0.15, -0.1) is 22.7 Å². The van der Waals surface area contributed by atoms with Crippen LogP contribution < -0.4 is 10.6 Å². The quantitative estimate of drug-likeness (QED) is 0.0991. The van der Waals surface area contributed by atoms with E-state index in [1.807, 2.05) is 12.3 Å². The number of carbonyl (C=O) groups is 6. The van der Waals surface area contributed by atoms with E-state index in [2.05, 4.69) is 20.6 Å². The highest BCUT2D eigenvalue weighted by Gasteiger charge is 2.50. The maximum atomic E-state index is 13.1. The molecule has 272 valence electrons. The Hall–Kier alpha value is -3.98. The highest BCUT2D eigenvalue weighted by Crippen LogP contribution is 2.38. The summed E-state index contributed by atoms with van der Waals surface area (Å²) < 4.78 is 10.7. The fourth-order valence-electron chi connectivity index (χ4n) is 5.27. The summed E-state index contributed by atoms with van der Waals surface area (Å²) >= 11 is 2.68. The van der Waals surface area contributed by atoms with Crippen LogP contribution in [0, 0.1) is 0 Å². The molecule has 15 heteroatoms. The molecule has 13 nitrogen and oxygen atoms in total. The van der Waals surface area contributed by atoms with Crippen molar-refractivity contribution < 1.29 is 38.2 Å². The number of nitrogens with one attached hydrogen (secondary N) is 2. The maximum Gasteiger partial charge on any atom is 0.414 e. The first-order valence-electron chi connectivity index (χ1n) is 16.8. The van der Waals surface area contributed by atoms with Crippen LogP contribution in [0.2, 0.25) is 0 Å². The summed E-state index contributed by atoms with van der Waals surface area (Å²) in [6, 6.07) is -0.118. The molecule has 1 atom stereocenters. The van der Waals surface area contributed by atoms with Crippen molar-refractivity contribution in [1.29, 1.82) is 0 Å². The zero-order valence-corrected chi connectivity index (χ0v) is 31.4. The van der Waals surface area contributed by atoms with Gasteiger partial charge in [0, 0.05) is 54.4 Å². The largest absolute Gasteiger partial charge is 0.444 e. The van der Waals surface area contributed by atoms with Crippen molar-refractivity contribution in [2.75, 3.05) is 6.54 Å². The number of aryl methyl sites for hydroxylation is 1. The summed E-state index contributed by atoms with van der Waals surface area (Å²) in [5.41, 5.74) is -0.846. The minimum absolute atomic E-state index is 0.118. The maximum absolute atomic E-state index is 13.1. The Kier molecular flexibility index (Phi) is 12.4. The molecule has 0 bridgehead atoms. The van der Waals surface area contributed by atoms with Crippen molar-refractivity contribution in [3.8, 4) is 10.7 Å². The van der Waals surface area contributed by atoms with Crippen LogP contribution in [0.3, 0.4) is 0 Å². The third-order valence-electron chi connectivity index (χ3n) is 7.89. The van der Waals surface area contributed by atoms with Crippen LogP contribution in [0.4, 0.5) is 9.59 Å². The van der Waals surface area contributed by atoms with E-state index in [0.29, 0.717) is 72.2 Å². The van der Waals surface area contributed by atoms with Crippen LogP contribution in [0.15, 0.2) is 22.5 Å². The molecule has 3 amide bonds. The second kappa shape index (κ2) is 15.9. The first-order chi connectivity index (χ1) is 23.3. The van der Waals surface area contributed by atoms with Crippen LogP contribution in [0.1, 0.15) is 115 Å². The third kappa shape index (κ3) is 11.3. The lowest BCUT2D eigenvalue weighted by molar-refractivity contribution is -0.131. The Balaban J connectivity index is 1.22. The van der Waals surface area contributed by atoms with Crippen LogP contribution in [0.25, 0.3) is 10.7 Å². The monoisotopic (exact) mass is 729 g/mol. The lowest BCUT2D eigenvalue weighted by atomic mass is 10.0. The van der Waals surface area contributed by atoms with Gasteiger partial charge in [-0.1, -0.05) is 0 Å². The number of aromatic nitrogens is 2. The number of ketones is 3. The van der Waals surface area contributed by atoms with Crippen LogP contribution in [-0.2, 0) is 30.3 Å². The van der Waals surface area contributed by atoms with Gasteiger partial charge in [0.1, 0.15) is 33.4 Å². The van der Waals surface area contributed by atoms with Crippen molar-refractivity contribution in [1.82, 2.24) is 25.5 Å². The molecule has 1 aliphatic heterocycles. The minimum Gasteiger partial charge on any atom is -0.444 e. The third-order valence-corrected chi connectivity index (χ3v) is 9.66. The Morgan fingerprint density at radius 2 is 1.68 bits per heavy atom. The summed E-state index contributed by atoms with van der Waals surface area (Å²) in [7, 11) is 0. The molecule has 2 N–H and O–H groups in total. The van der Waals surface area contributed by atoms with Crippen molar-refractivity contribution in [2.45, 2.75) is 129 Å². The van der Waals surface area contributed by atoms with Crippen LogP contribution >= 0.6 is 22.7 Å². The molecular formula is C35H47N5O8S2. The molecule has 3 heterocycles. The van der Waals surface area contributed by atoms with Crippen molar-refractivity contribution >= 4 is 58.1 Å². The van der Waals surface area contributed by atoms with Gasteiger partial charge in [0.15, 0.2) is 11.6 Å². The lowest BCUT2D eigenvalue weighted by Crippen LogP contribution is -2.44. The summed E-state index contributed by atoms with van der Waals surface area (Å²) in [4.78, 5) is 86.4. The number of hydrogen-bond donors (Lipinski definition) is 2. The Morgan fingerprint density at radius 3 is 2.34 bits per heavy atom. The fraction of sp³-hybridized carbons (Fsp3) is 0.600. The zero-order chi connectivity index (χ0) is 36.9. The van der Waals surface area contributed by atoms with E-state index < -0.39 is 34.8 Å². The van der Waals surface area contributed by atoms with Gasteiger partial charge in [-0.05, 0) is 80.6 Å². The van der Waals surface area contributed by atoms with Gasteiger partial charge in [-0.25, -0.2) is 19.6 Å². The van der Waals surface area contributed by atoms with Gasteiger partial charge in [0.25, 0.3) is 0 Å². The normalized spacial score (nSPS) is 17.7. The SMILES string of the molecule is C[C@H]1CC/C(=C/C(=O)NC2(C(=O)CC(=O)CCc3nc(-c4nc(C(=O)CCCNC(=O)OC(C)(C)C)cs4)cs3)CC2)N1C(=O)OC(C)(C)C. The number of amides is 3. The second-order valence-corrected chi connectivity index (χ2v) is 16.5. The van der Waals surface area contributed by atoms with E-state index >= 15 is 0 Å². The molecule has 0 spiro atoms. The van der Waals surface area contributed by atoms with Gasteiger partial charge >= 0.3 is 12.2 Å². The number of hydrogen-bond acceptors (Lipinski definition) is 12. The van der Waals surface area contributed by atoms with E-state index in [0.717, 1.165) is 0 Å². The summed E-state index contributed by atoms with van der Waals surface area (Å²) in [6.07, 6.45) is 3.30. The molecule has 4 rings (SSSR count). The number of Topliss-reactive ketones (excluding diaryl/α,β-unsaturated/α-hetero) is 3. The number of likely N-dealkylation sites (tertiary alicyclic amines) is 1. The highest BCUT2D eigenvalue weighted by atomic mass is 32.1. The summed E-state index contributed by atoms with van der Waals surface area (Å²) in [5.74, 6) is -1.17. The van der Waals surface area contributed by atoms with Gasteiger partial charge < -0.3 is 20.1 Å². The number of rotatable bonds is 14. The minimum atomic E-state index is -1.06. The molecule has 1 saturated heterocycles. The van der Waals surface area contributed by atoms with Crippen molar-refractivity contribution in [2.24, 2.45) is 0 Å². The molecule has 0 unspecified atom stereocenters. The van der Waals surface area contributed by atoms with E-state index in [1.165, 1.54) is 33.6 Å². The molecule has 0 radical (unpaired) electrons. The standard InChI is InChI=1S/C35H47N5O8S2/c1-21-10-11-22(40(21)32(46)48-34(5,6)7)17-28(44)39-35(14-15-35)27(43)18-23(41)12-13-29-37-25(20-49-29)30-38-24(19-50-30)26(42)9-8-16-36-31(45)47-33(2,3)4/h17,19-21H,8-16,18H2,1-7H3,(H,36,45)(H,39,44)/b22-17-/t21-/m0/s1. The van der Waals surface area contributed by atoms with Crippen molar-refractivity contribution in [3.05, 3.63) is 33.2 Å². The zero-order valence-electron chi connectivity index (χ0n) is 29.8. The Morgan fingerprint density at radius 1 is 0.980 bits per heavy atom. The molecule has 50 heavy (non-hydrogen) atoms. The number of thiazole rings is 2. The predicted molar refractivity (Wildman–Crippen MR) is 189 cm³/mol. The van der Waals surface area contributed by atoms with Crippen LogP contribution in [-0.4, -0.2) is 79.6 Å². The Bertz CT molecular complexity index is 1640. The number of alkyl carbamates (subject to hydrolysis) is 1. The first kappa shape index (κ1) is 38.8. The van der Waals surface area contributed by atoms with Gasteiger partial charge in [-0.3, -0.25) is 24.1 Å². The average molecular weight is 730 g/mol. The van der Waals surface area contributed by atoms with E-state index in [4.69, 9.17) is 9.47 Å². The molecule has 2 fully saturated rings. The smallest absolute Gasteiger partial charge is 0.414 e. The molecule has 2 aromatic rings. The molecule has 0 aromatic carbocycles. The van der Waals surface area contributed by atoms with Gasteiger partial charge in [0.2, 0.25) is 5.91 Å². The Labute approximate surface area is 300 Å². The molecule has 2 aliphatic rings. The van der Waals surface area contributed by atoms with Crippen LogP contribution in [0.5, 0.6) is 0 Å². The summed E-state index contributed by atoms with van der Waals surface area (Å²) in [6.45, 7) is 12.9. The second-order valence-electron chi connectivity index (χ2n) is 14.7. The highest BCUT2D eigenvalue weighted by molar-refractivity contribution is 7.14. The predicted octanol–water partition coefficient (Wildman–Crippen LogP) is 6.17. The van der Waals surface area contributed by atoms with E-state index in [-0.39, 0.29) is 42.7 Å². The van der Waals surface area contributed by atoms with Gasteiger partial charge in [0.05, 0.1) is 17.0 Å². The first-order valence-corrected chi connectivity index (χ1v) is 18.6. The lowest BCUT2D eigenvalue weighted by Gasteiger charge is -2.28. The molecule has 1 saturated carbocycles. The summed E-state index contributed by atoms with van der Waals surface area (Å²) in [5, 5.41) is 10.2. The van der Waals surface area contributed by atoms with Gasteiger partial charge in [-0.2, -0.15) is 0 Å². The number of nitrogens with zero attached hydrogens (tertiary/aromatic N) is 3. The molecular weight excluding hydrogens is 683 g/mol. The van der Waals surface area contributed by atoms with Crippen molar-refractivity contribution in [3.63, 3.8) is 0 Å².